The normalized spacial score (nSPS) is 12.9. The highest BCUT2D eigenvalue weighted by molar-refractivity contribution is 7.16. The Hall–Kier alpha value is -0.350. The highest BCUT2D eigenvalue weighted by Crippen LogP contribution is 2.36. The van der Waals surface area contributed by atoms with Crippen LogP contribution >= 0.6 is 34.3 Å². The smallest absolute Gasteiger partial charge is 0.0961 e. The molecular formula is C13H16ClNS2. The van der Waals surface area contributed by atoms with Crippen LogP contribution in [0.25, 0.3) is 0 Å². The highest BCUT2D eigenvalue weighted by atomic mass is 35.5. The summed E-state index contributed by atoms with van der Waals surface area (Å²) in [5.74, 6) is 0. The SMILES string of the molecule is CCNC(c1cc(C)c(Cl)s1)c1sccc1C. The molecule has 2 aromatic heterocycles. The maximum Gasteiger partial charge on any atom is 0.0961 e. The van der Waals surface area contributed by atoms with E-state index in [1.807, 2.05) is 11.3 Å². The molecule has 0 saturated heterocycles. The second kappa shape index (κ2) is 5.53. The van der Waals surface area contributed by atoms with Crippen molar-refractivity contribution in [2.24, 2.45) is 0 Å². The third kappa shape index (κ3) is 2.74. The van der Waals surface area contributed by atoms with Gasteiger partial charge in [-0.25, -0.2) is 0 Å². The lowest BCUT2D eigenvalue weighted by Crippen LogP contribution is -2.20. The van der Waals surface area contributed by atoms with Crippen LogP contribution in [0.3, 0.4) is 0 Å². The second-order valence-corrected chi connectivity index (χ2v) is 6.70. The van der Waals surface area contributed by atoms with Crippen LogP contribution in [-0.4, -0.2) is 6.54 Å². The molecule has 2 aromatic rings. The van der Waals surface area contributed by atoms with Gasteiger partial charge in [0.15, 0.2) is 0 Å². The van der Waals surface area contributed by atoms with Crippen LogP contribution in [0.15, 0.2) is 17.5 Å². The van der Waals surface area contributed by atoms with E-state index in [9.17, 15) is 0 Å². The quantitative estimate of drug-likeness (QED) is 0.852. The van der Waals surface area contributed by atoms with E-state index in [1.54, 1.807) is 11.3 Å². The Morgan fingerprint density at radius 3 is 2.59 bits per heavy atom. The minimum Gasteiger partial charge on any atom is -0.305 e. The van der Waals surface area contributed by atoms with Gasteiger partial charge >= 0.3 is 0 Å². The third-order valence-corrected chi connectivity index (χ3v) is 5.44. The number of nitrogens with one attached hydrogen (secondary N) is 1. The van der Waals surface area contributed by atoms with Gasteiger partial charge in [0.05, 0.1) is 10.4 Å². The molecule has 1 nitrogen and oxygen atoms in total. The Morgan fingerprint density at radius 2 is 2.12 bits per heavy atom. The first-order valence-electron chi connectivity index (χ1n) is 5.66. The number of halogens is 1. The van der Waals surface area contributed by atoms with Gasteiger partial charge < -0.3 is 5.32 Å². The molecule has 0 spiro atoms. The lowest BCUT2D eigenvalue weighted by Gasteiger charge is -2.16. The largest absolute Gasteiger partial charge is 0.305 e. The van der Waals surface area contributed by atoms with E-state index in [0.717, 1.165) is 10.9 Å². The van der Waals surface area contributed by atoms with Crippen LogP contribution in [0.4, 0.5) is 0 Å². The maximum atomic E-state index is 6.17. The molecule has 0 radical (unpaired) electrons. The van der Waals surface area contributed by atoms with Crippen LogP contribution in [0.2, 0.25) is 4.34 Å². The average Bonchev–Trinajstić information content (AvgIpc) is 2.83. The second-order valence-electron chi connectivity index (χ2n) is 4.06. The van der Waals surface area contributed by atoms with Gasteiger partial charge in [-0.3, -0.25) is 0 Å². The molecule has 1 unspecified atom stereocenters. The van der Waals surface area contributed by atoms with Crippen molar-refractivity contribution in [2.45, 2.75) is 26.8 Å². The average molecular weight is 286 g/mol. The van der Waals surface area contributed by atoms with Gasteiger partial charge in [0.25, 0.3) is 0 Å². The first kappa shape index (κ1) is 13.1. The summed E-state index contributed by atoms with van der Waals surface area (Å²) in [6.45, 7) is 7.32. The van der Waals surface area contributed by atoms with E-state index in [-0.39, 0.29) is 6.04 Å². The third-order valence-electron chi connectivity index (χ3n) is 2.73. The molecule has 0 amide bonds. The zero-order chi connectivity index (χ0) is 12.4. The summed E-state index contributed by atoms with van der Waals surface area (Å²) in [4.78, 5) is 2.70. The van der Waals surface area contributed by atoms with Gasteiger partial charge in [-0.1, -0.05) is 18.5 Å². The molecule has 17 heavy (non-hydrogen) atoms. The maximum absolute atomic E-state index is 6.17. The zero-order valence-electron chi connectivity index (χ0n) is 10.2. The van der Waals surface area contributed by atoms with Gasteiger partial charge in [0.1, 0.15) is 0 Å². The van der Waals surface area contributed by atoms with E-state index in [2.05, 4.69) is 43.6 Å². The highest BCUT2D eigenvalue weighted by Gasteiger charge is 2.19. The van der Waals surface area contributed by atoms with Crippen molar-refractivity contribution in [1.82, 2.24) is 5.32 Å². The molecule has 0 aromatic carbocycles. The van der Waals surface area contributed by atoms with E-state index in [4.69, 9.17) is 11.6 Å². The number of hydrogen-bond acceptors (Lipinski definition) is 3. The van der Waals surface area contributed by atoms with E-state index in [1.165, 1.54) is 20.9 Å². The monoisotopic (exact) mass is 285 g/mol. The van der Waals surface area contributed by atoms with Crippen molar-refractivity contribution in [3.63, 3.8) is 0 Å². The molecule has 0 aliphatic heterocycles. The van der Waals surface area contributed by atoms with Crippen LogP contribution in [0.1, 0.15) is 33.8 Å². The molecular weight excluding hydrogens is 270 g/mol. The summed E-state index contributed by atoms with van der Waals surface area (Å²) >= 11 is 9.66. The molecule has 2 heterocycles. The molecule has 0 aliphatic rings. The van der Waals surface area contributed by atoms with E-state index < -0.39 is 0 Å². The Morgan fingerprint density at radius 1 is 1.35 bits per heavy atom. The number of thiophene rings is 2. The summed E-state index contributed by atoms with van der Waals surface area (Å²) in [5, 5.41) is 5.69. The zero-order valence-corrected chi connectivity index (χ0v) is 12.6. The van der Waals surface area contributed by atoms with Crippen molar-refractivity contribution >= 4 is 34.3 Å². The Bertz CT molecular complexity index is 482. The van der Waals surface area contributed by atoms with Gasteiger partial charge in [-0.15, -0.1) is 22.7 Å². The summed E-state index contributed by atoms with van der Waals surface area (Å²) in [6.07, 6.45) is 0. The lowest BCUT2D eigenvalue weighted by molar-refractivity contribution is 0.646. The lowest BCUT2D eigenvalue weighted by atomic mass is 10.1. The molecule has 4 heteroatoms. The van der Waals surface area contributed by atoms with E-state index >= 15 is 0 Å². The van der Waals surface area contributed by atoms with Gasteiger partial charge in [-0.05, 0) is 49.0 Å². The van der Waals surface area contributed by atoms with Crippen LogP contribution in [-0.2, 0) is 0 Å². The molecule has 92 valence electrons. The Balaban J connectivity index is 2.39. The molecule has 0 saturated carbocycles. The summed E-state index contributed by atoms with van der Waals surface area (Å²) < 4.78 is 0.900. The van der Waals surface area contributed by atoms with E-state index in [0.29, 0.717) is 0 Å². The summed E-state index contributed by atoms with van der Waals surface area (Å²) in [6, 6.07) is 4.66. The minimum atomic E-state index is 0.288. The van der Waals surface area contributed by atoms with Crippen molar-refractivity contribution in [3.05, 3.63) is 42.7 Å². The van der Waals surface area contributed by atoms with Crippen molar-refractivity contribution in [2.75, 3.05) is 6.54 Å². The molecule has 2 rings (SSSR count). The predicted molar refractivity (Wildman–Crippen MR) is 78.6 cm³/mol. The molecule has 1 atom stereocenters. The van der Waals surface area contributed by atoms with Crippen LogP contribution in [0.5, 0.6) is 0 Å². The first-order chi connectivity index (χ1) is 8.13. The molecule has 1 N–H and O–H groups in total. The molecule has 0 aliphatic carbocycles. The number of hydrogen-bond donors (Lipinski definition) is 1. The fourth-order valence-electron chi connectivity index (χ4n) is 1.83. The fourth-order valence-corrected chi connectivity index (χ4v) is 4.23. The number of aryl methyl sites for hydroxylation is 2. The van der Waals surface area contributed by atoms with Crippen molar-refractivity contribution < 1.29 is 0 Å². The van der Waals surface area contributed by atoms with Gasteiger partial charge in [0.2, 0.25) is 0 Å². The fraction of sp³-hybridized carbons (Fsp3) is 0.385. The van der Waals surface area contributed by atoms with Crippen molar-refractivity contribution in [3.8, 4) is 0 Å². The van der Waals surface area contributed by atoms with Gasteiger partial charge in [-0.2, -0.15) is 0 Å². The first-order valence-corrected chi connectivity index (χ1v) is 7.74. The summed E-state index contributed by atoms with van der Waals surface area (Å²) in [5.41, 5.74) is 2.52. The predicted octanol–water partition coefficient (Wildman–Crippen LogP) is 4.78. The minimum absolute atomic E-state index is 0.288. The number of rotatable bonds is 4. The Labute approximate surface area is 115 Å². The molecule has 0 bridgehead atoms. The van der Waals surface area contributed by atoms with Crippen LogP contribution < -0.4 is 5.32 Å². The summed E-state index contributed by atoms with van der Waals surface area (Å²) in [7, 11) is 0. The van der Waals surface area contributed by atoms with Gasteiger partial charge in [0, 0.05) is 9.75 Å². The standard InChI is InChI=1S/C13H16ClNS2/c1-4-15-11(12-8(2)5-6-16-12)10-7-9(3)13(14)17-10/h5-7,11,15H,4H2,1-3H3. The van der Waals surface area contributed by atoms with Crippen molar-refractivity contribution in [1.29, 1.82) is 0 Å². The topological polar surface area (TPSA) is 12.0 Å². The Kier molecular flexibility index (Phi) is 4.26. The van der Waals surface area contributed by atoms with Crippen LogP contribution in [0, 0.1) is 13.8 Å². The molecule has 0 fully saturated rings.